The van der Waals surface area contributed by atoms with Crippen molar-refractivity contribution in [1.82, 2.24) is 14.8 Å². The molecule has 1 aromatic carbocycles. The lowest BCUT2D eigenvalue weighted by Gasteiger charge is -2.26. The minimum Gasteiger partial charge on any atom is -0.381 e. The van der Waals surface area contributed by atoms with Gasteiger partial charge in [0.1, 0.15) is 11.9 Å². The van der Waals surface area contributed by atoms with E-state index in [1.807, 2.05) is 0 Å². The Balaban J connectivity index is 1.55. The molecule has 5 rings (SSSR count). The summed E-state index contributed by atoms with van der Waals surface area (Å²) < 4.78 is 60.5. The zero-order valence-electron chi connectivity index (χ0n) is 17.5. The Morgan fingerprint density at radius 3 is 2.64 bits per heavy atom. The number of thiazole rings is 1. The van der Waals surface area contributed by atoms with Crippen LogP contribution in [0, 0.1) is 16.9 Å². The average Bonchev–Trinajstić information content (AvgIpc) is 3.47. The molecule has 1 aliphatic heterocycles. The van der Waals surface area contributed by atoms with Crippen molar-refractivity contribution in [2.45, 2.75) is 48.3 Å². The summed E-state index contributed by atoms with van der Waals surface area (Å²) in [5, 5.41) is 6.29. The third kappa shape index (κ3) is 4.51. The highest BCUT2D eigenvalue weighted by atomic mass is 32.2. The number of fused-ring (bicyclic) bond motifs is 1. The van der Waals surface area contributed by atoms with E-state index >= 15 is 0 Å². The number of carbonyl (C=O) groups is 1. The molecule has 1 atom stereocenters. The molecule has 33 heavy (non-hydrogen) atoms. The smallest absolute Gasteiger partial charge is 0.251 e. The topological polar surface area (TPSA) is 103 Å². The summed E-state index contributed by atoms with van der Waals surface area (Å²) in [5.74, 6) is -1.03. The van der Waals surface area contributed by atoms with Crippen LogP contribution in [0.25, 0.3) is 10.9 Å². The number of aromatic nitrogens is 3. The molecule has 2 aromatic heterocycles. The Morgan fingerprint density at radius 1 is 1.21 bits per heavy atom. The molecule has 0 radical (unpaired) electrons. The number of anilines is 1. The molecule has 2 fully saturated rings. The third-order valence-corrected chi connectivity index (χ3v) is 9.12. The van der Waals surface area contributed by atoms with Gasteiger partial charge in [-0.3, -0.25) is 9.48 Å². The van der Waals surface area contributed by atoms with Crippen LogP contribution in [-0.2, 0) is 19.4 Å². The van der Waals surface area contributed by atoms with E-state index in [1.54, 1.807) is 0 Å². The molecule has 12 heteroatoms. The first-order valence-electron chi connectivity index (χ1n) is 10.7. The fraction of sp³-hybridized carbons (Fsp3) is 0.476. The van der Waals surface area contributed by atoms with E-state index < -0.39 is 38.0 Å². The van der Waals surface area contributed by atoms with Gasteiger partial charge in [0.2, 0.25) is 0 Å². The van der Waals surface area contributed by atoms with Gasteiger partial charge in [-0.05, 0) is 50.2 Å². The minimum absolute atomic E-state index is 0.0986. The SMILES string of the molecule is O=C(Nc1ncc(F)s1)[C@H](CC1CCOCC1)n1ncc2c(S(=O)(=O)C3CC3)cc(F)cc21. The Bertz CT molecular complexity index is 1300. The summed E-state index contributed by atoms with van der Waals surface area (Å²) in [6.45, 7) is 1.16. The summed E-state index contributed by atoms with van der Waals surface area (Å²) >= 11 is 0.700. The van der Waals surface area contributed by atoms with Crippen LogP contribution in [0.4, 0.5) is 13.9 Å². The molecule has 0 unspecified atom stereocenters. The van der Waals surface area contributed by atoms with Crippen LogP contribution in [0.5, 0.6) is 0 Å². The van der Waals surface area contributed by atoms with Crippen molar-refractivity contribution in [2.75, 3.05) is 18.5 Å². The number of hydrogen-bond donors (Lipinski definition) is 1. The van der Waals surface area contributed by atoms with Gasteiger partial charge < -0.3 is 10.1 Å². The number of sulfone groups is 1. The van der Waals surface area contributed by atoms with E-state index in [0.717, 1.165) is 25.1 Å². The first-order valence-corrected chi connectivity index (χ1v) is 13.1. The van der Waals surface area contributed by atoms with Gasteiger partial charge in [0.05, 0.1) is 28.1 Å². The van der Waals surface area contributed by atoms with Gasteiger partial charge in [-0.2, -0.15) is 9.49 Å². The number of nitrogens with one attached hydrogen (secondary N) is 1. The first kappa shape index (κ1) is 22.4. The molecule has 0 spiro atoms. The van der Waals surface area contributed by atoms with Crippen molar-refractivity contribution in [3.63, 3.8) is 0 Å². The van der Waals surface area contributed by atoms with Gasteiger partial charge in [-0.1, -0.05) is 11.3 Å². The van der Waals surface area contributed by atoms with E-state index in [-0.39, 0.29) is 26.8 Å². The summed E-state index contributed by atoms with van der Waals surface area (Å²) in [6, 6.07) is 1.35. The molecule has 0 bridgehead atoms. The number of benzene rings is 1. The molecular weight excluding hydrogens is 474 g/mol. The van der Waals surface area contributed by atoms with Crippen molar-refractivity contribution in [3.8, 4) is 0 Å². The van der Waals surface area contributed by atoms with Crippen LogP contribution in [0.2, 0.25) is 0 Å². The van der Waals surface area contributed by atoms with Gasteiger partial charge in [-0.15, -0.1) is 0 Å². The number of rotatable bonds is 7. The van der Waals surface area contributed by atoms with E-state index in [9.17, 15) is 22.0 Å². The molecule has 1 amide bonds. The Labute approximate surface area is 192 Å². The molecule has 1 saturated heterocycles. The minimum atomic E-state index is -3.68. The molecule has 3 aromatic rings. The number of carbonyl (C=O) groups excluding carboxylic acids is 1. The fourth-order valence-corrected chi connectivity index (χ4v) is 6.64. The molecule has 1 saturated carbocycles. The average molecular weight is 497 g/mol. The lowest BCUT2D eigenvalue weighted by molar-refractivity contribution is -0.120. The second-order valence-corrected chi connectivity index (χ2v) is 11.6. The predicted molar refractivity (Wildman–Crippen MR) is 118 cm³/mol. The van der Waals surface area contributed by atoms with Gasteiger partial charge in [0.15, 0.2) is 20.1 Å². The molecule has 3 heterocycles. The van der Waals surface area contributed by atoms with Gasteiger partial charge in [0.25, 0.3) is 5.91 Å². The standard InChI is InChI=1S/C21H22F2N4O4S2/c22-13-8-16-15(18(9-13)33(29,30)14-1-2-14)10-25-27(16)17(7-12-3-5-31-6-4-12)20(28)26-21-24-11-19(23)32-21/h8-12,14,17H,1-7H2,(H,24,26,28)/t17-/m0/s1. The highest BCUT2D eigenvalue weighted by Crippen LogP contribution is 2.38. The zero-order valence-corrected chi connectivity index (χ0v) is 19.2. The summed E-state index contributed by atoms with van der Waals surface area (Å²) in [4.78, 5) is 17.0. The lowest BCUT2D eigenvalue weighted by Crippen LogP contribution is -2.30. The number of ether oxygens (including phenoxy) is 1. The Kier molecular flexibility index (Phi) is 5.91. The normalized spacial score (nSPS) is 18.5. The maximum absolute atomic E-state index is 14.6. The molecule has 1 N–H and O–H groups in total. The van der Waals surface area contributed by atoms with E-state index in [1.165, 1.54) is 16.9 Å². The van der Waals surface area contributed by atoms with Crippen LogP contribution in [0.1, 0.15) is 38.1 Å². The fourth-order valence-electron chi connectivity index (χ4n) is 4.24. The van der Waals surface area contributed by atoms with Crippen molar-refractivity contribution >= 4 is 43.1 Å². The maximum Gasteiger partial charge on any atom is 0.251 e. The Morgan fingerprint density at radius 2 is 1.97 bits per heavy atom. The Hall–Kier alpha value is -2.44. The predicted octanol–water partition coefficient (Wildman–Crippen LogP) is 3.70. The summed E-state index contributed by atoms with van der Waals surface area (Å²) in [5.41, 5.74) is 0.228. The molecule has 176 valence electrons. The molecule has 8 nitrogen and oxygen atoms in total. The van der Waals surface area contributed by atoms with Gasteiger partial charge in [0, 0.05) is 18.6 Å². The summed E-state index contributed by atoms with van der Waals surface area (Å²) in [7, 11) is -3.68. The largest absolute Gasteiger partial charge is 0.381 e. The second kappa shape index (κ2) is 8.73. The monoisotopic (exact) mass is 496 g/mol. The quantitative estimate of drug-likeness (QED) is 0.535. The van der Waals surface area contributed by atoms with Crippen molar-refractivity contribution in [2.24, 2.45) is 5.92 Å². The summed E-state index contributed by atoms with van der Waals surface area (Å²) in [6.07, 6.45) is 5.39. The maximum atomic E-state index is 14.6. The van der Waals surface area contributed by atoms with E-state index in [4.69, 9.17) is 4.74 Å². The third-order valence-electron chi connectivity index (χ3n) is 6.12. The van der Waals surface area contributed by atoms with Gasteiger partial charge >= 0.3 is 0 Å². The van der Waals surface area contributed by atoms with Crippen LogP contribution in [0.15, 0.2) is 29.4 Å². The van der Waals surface area contributed by atoms with Crippen LogP contribution < -0.4 is 5.32 Å². The molecule has 2 aliphatic rings. The number of hydrogen-bond acceptors (Lipinski definition) is 7. The van der Waals surface area contributed by atoms with Gasteiger partial charge in [-0.25, -0.2) is 17.8 Å². The first-order chi connectivity index (χ1) is 15.8. The lowest BCUT2D eigenvalue weighted by atomic mass is 9.92. The van der Waals surface area contributed by atoms with Crippen LogP contribution >= 0.6 is 11.3 Å². The van der Waals surface area contributed by atoms with Crippen LogP contribution in [-0.4, -0.2) is 47.6 Å². The van der Waals surface area contributed by atoms with E-state index in [2.05, 4.69) is 15.4 Å². The van der Waals surface area contributed by atoms with Crippen molar-refractivity contribution in [3.05, 3.63) is 35.5 Å². The van der Waals surface area contributed by atoms with Crippen molar-refractivity contribution in [1.29, 1.82) is 0 Å². The highest BCUT2D eigenvalue weighted by Gasteiger charge is 2.39. The highest BCUT2D eigenvalue weighted by molar-refractivity contribution is 7.92. The number of halogens is 2. The molecular formula is C21H22F2N4O4S2. The van der Waals surface area contributed by atoms with Crippen molar-refractivity contribution < 1.29 is 26.7 Å². The molecule has 1 aliphatic carbocycles. The number of amides is 1. The van der Waals surface area contributed by atoms with Crippen LogP contribution in [0.3, 0.4) is 0 Å². The van der Waals surface area contributed by atoms with E-state index in [0.29, 0.717) is 43.8 Å². The number of nitrogens with zero attached hydrogens (tertiary/aromatic N) is 3. The second-order valence-electron chi connectivity index (χ2n) is 8.44. The zero-order chi connectivity index (χ0) is 23.2.